The maximum atomic E-state index is 12.2. The molecule has 33 heavy (non-hydrogen) atoms. The Kier molecular flexibility index (Phi) is 9.92. The average molecular weight is 566 g/mol. The molecule has 0 spiro atoms. The van der Waals surface area contributed by atoms with Gasteiger partial charge in [0.15, 0.2) is 5.96 Å². The van der Waals surface area contributed by atoms with Gasteiger partial charge in [-0.25, -0.2) is 4.99 Å². The summed E-state index contributed by atoms with van der Waals surface area (Å²) in [6.07, 6.45) is 3.38. The molecule has 0 aliphatic carbocycles. The van der Waals surface area contributed by atoms with Crippen LogP contribution in [0, 0.1) is 6.92 Å². The summed E-state index contributed by atoms with van der Waals surface area (Å²) in [6, 6.07) is 12.9. The lowest BCUT2D eigenvalue weighted by molar-refractivity contribution is -0.116. The molecule has 0 aliphatic heterocycles. The highest BCUT2D eigenvalue weighted by Gasteiger charge is 2.27. The van der Waals surface area contributed by atoms with Gasteiger partial charge in [0.2, 0.25) is 5.91 Å². The molecular formula is C23H31IN6O3. The summed E-state index contributed by atoms with van der Waals surface area (Å²) >= 11 is 0. The van der Waals surface area contributed by atoms with Crippen LogP contribution in [0.2, 0.25) is 0 Å². The van der Waals surface area contributed by atoms with Crippen molar-refractivity contribution in [2.45, 2.75) is 39.5 Å². The summed E-state index contributed by atoms with van der Waals surface area (Å²) in [4.78, 5) is 16.8. The molecule has 1 atom stereocenters. The van der Waals surface area contributed by atoms with Gasteiger partial charge in [-0.3, -0.25) is 9.48 Å². The number of anilines is 1. The number of guanidine groups is 1. The number of amides is 1. The number of aliphatic hydroxyl groups is 1. The molecule has 1 amide bonds. The van der Waals surface area contributed by atoms with Crippen LogP contribution in [0.3, 0.4) is 0 Å². The van der Waals surface area contributed by atoms with E-state index in [1.54, 1.807) is 36.1 Å². The van der Waals surface area contributed by atoms with Crippen LogP contribution in [0.15, 0.2) is 64.3 Å². The van der Waals surface area contributed by atoms with E-state index in [9.17, 15) is 9.90 Å². The van der Waals surface area contributed by atoms with Crippen molar-refractivity contribution in [2.24, 2.45) is 4.99 Å². The molecule has 3 aromatic rings. The van der Waals surface area contributed by atoms with Crippen LogP contribution in [-0.2, 0) is 23.5 Å². The Labute approximate surface area is 210 Å². The SMILES string of the molecule is CCNC(=NCc1cccc(NC(=O)Cn2cccn2)c1)NCC(C)(O)c1ccc(C)o1.I. The van der Waals surface area contributed by atoms with Crippen LogP contribution < -0.4 is 16.0 Å². The highest BCUT2D eigenvalue weighted by molar-refractivity contribution is 14.0. The second-order valence-corrected chi connectivity index (χ2v) is 7.69. The fourth-order valence-electron chi connectivity index (χ4n) is 3.07. The van der Waals surface area contributed by atoms with Gasteiger partial charge in [0.05, 0.1) is 13.1 Å². The van der Waals surface area contributed by atoms with E-state index in [4.69, 9.17) is 4.42 Å². The largest absolute Gasteiger partial charge is 0.463 e. The first-order chi connectivity index (χ1) is 15.4. The first-order valence-corrected chi connectivity index (χ1v) is 10.5. The molecule has 9 nitrogen and oxygen atoms in total. The summed E-state index contributed by atoms with van der Waals surface area (Å²) in [7, 11) is 0. The third-order valence-corrected chi connectivity index (χ3v) is 4.71. The zero-order valence-electron chi connectivity index (χ0n) is 19.0. The molecule has 2 aromatic heterocycles. The molecule has 0 aliphatic rings. The molecule has 1 aromatic carbocycles. The minimum atomic E-state index is -1.18. The van der Waals surface area contributed by atoms with Crippen LogP contribution in [0.1, 0.15) is 30.9 Å². The van der Waals surface area contributed by atoms with Gasteiger partial charge in [-0.2, -0.15) is 5.10 Å². The number of halogens is 1. The zero-order chi connectivity index (χ0) is 23.0. The van der Waals surface area contributed by atoms with E-state index in [1.807, 2.05) is 44.2 Å². The van der Waals surface area contributed by atoms with Gasteiger partial charge >= 0.3 is 0 Å². The summed E-state index contributed by atoms with van der Waals surface area (Å²) in [6.45, 7) is 6.97. The molecule has 2 heterocycles. The van der Waals surface area contributed by atoms with E-state index in [-0.39, 0.29) is 43.0 Å². The maximum Gasteiger partial charge on any atom is 0.246 e. The number of hydrogen-bond donors (Lipinski definition) is 4. The summed E-state index contributed by atoms with van der Waals surface area (Å²) in [5, 5.41) is 24.0. The van der Waals surface area contributed by atoms with Gasteiger partial charge < -0.3 is 25.5 Å². The summed E-state index contributed by atoms with van der Waals surface area (Å²) < 4.78 is 7.12. The number of carbonyl (C=O) groups is 1. The second-order valence-electron chi connectivity index (χ2n) is 7.69. The van der Waals surface area contributed by atoms with E-state index in [0.717, 1.165) is 11.3 Å². The van der Waals surface area contributed by atoms with Crippen LogP contribution in [-0.4, -0.2) is 39.8 Å². The molecule has 0 bridgehead atoms. The van der Waals surface area contributed by atoms with E-state index in [0.29, 0.717) is 30.5 Å². The predicted octanol–water partition coefficient (Wildman–Crippen LogP) is 3.00. The van der Waals surface area contributed by atoms with Gasteiger partial charge in [0.25, 0.3) is 0 Å². The number of aryl methyl sites for hydroxylation is 1. The van der Waals surface area contributed by atoms with Crippen molar-refractivity contribution in [1.29, 1.82) is 0 Å². The van der Waals surface area contributed by atoms with Crippen molar-refractivity contribution < 1.29 is 14.3 Å². The number of benzene rings is 1. The second kappa shape index (κ2) is 12.4. The van der Waals surface area contributed by atoms with Gasteiger partial charge in [-0.1, -0.05) is 12.1 Å². The number of rotatable bonds is 9. The van der Waals surface area contributed by atoms with E-state index in [2.05, 4.69) is 26.0 Å². The highest BCUT2D eigenvalue weighted by Crippen LogP contribution is 2.21. The number of furan rings is 1. The standard InChI is InChI=1S/C23H30N6O3.HI/c1-4-24-22(26-16-23(3,31)20-10-9-17(2)32-20)25-14-18-7-5-8-19(13-18)28-21(30)15-29-12-6-11-27-29;/h5-13,31H,4,14-16H2,1-3H3,(H,28,30)(H2,24,25,26);1H. The molecule has 4 N–H and O–H groups in total. The first-order valence-electron chi connectivity index (χ1n) is 10.5. The number of nitrogens with zero attached hydrogens (tertiary/aromatic N) is 3. The first kappa shape index (κ1) is 26.4. The fourth-order valence-corrected chi connectivity index (χ4v) is 3.07. The molecule has 10 heteroatoms. The molecule has 0 saturated heterocycles. The minimum Gasteiger partial charge on any atom is -0.463 e. The highest BCUT2D eigenvalue weighted by atomic mass is 127. The number of aliphatic imine (C=N–C) groups is 1. The van der Waals surface area contributed by atoms with Gasteiger partial charge in [-0.05, 0) is 56.7 Å². The normalized spacial score (nSPS) is 13.0. The fraction of sp³-hybridized carbons (Fsp3) is 0.348. The quantitative estimate of drug-likeness (QED) is 0.180. The van der Waals surface area contributed by atoms with Crippen molar-refractivity contribution in [3.8, 4) is 0 Å². The monoisotopic (exact) mass is 566 g/mol. The molecule has 3 rings (SSSR count). The lowest BCUT2D eigenvalue weighted by Gasteiger charge is -2.22. The molecule has 1 unspecified atom stereocenters. The van der Waals surface area contributed by atoms with E-state index >= 15 is 0 Å². The lowest BCUT2D eigenvalue weighted by atomic mass is 10.0. The zero-order valence-corrected chi connectivity index (χ0v) is 21.4. The van der Waals surface area contributed by atoms with Crippen molar-refractivity contribution in [2.75, 3.05) is 18.4 Å². The number of nitrogens with one attached hydrogen (secondary N) is 3. The van der Waals surface area contributed by atoms with Crippen LogP contribution >= 0.6 is 24.0 Å². The van der Waals surface area contributed by atoms with Gasteiger partial charge in [0, 0.05) is 24.6 Å². The van der Waals surface area contributed by atoms with Crippen LogP contribution in [0.4, 0.5) is 5.69 Å². The van der Waals surface area contributed by atoms with Gasteiger partial charge in [0.1, 0.15) is 23.7 Å². The number of carbonyl (C=O) groups excluding carboxylic acids is 1. The Balaban J connectivity index is 0.00000385. The van der Waals surface area contributed by atoms with Crippen LogP contribution in [0.5, 0.6) is 0 Å². The molecule has 0 radical (unpaired) electrons. The van der Waals surface area contributed by atoms with Crippen molar-refractivity contribution in [1.82, 2.24) is 20.4 Å². The molecule has 0 fully saturated rings. The third kappa shape index (κ3) is 8.21. The third-order valence-electron chi connectivity index (χ3n) is 4.71. The van der Waals surface area contributed by atoms with Crippen molar-refractivity contribution in [3.63, 3.8) is 0 Å². The number of aromatic nitrogens is 2. The minimum absolute atomic E-state index is 0. The predicted molar refractivity (Wildman–Crippen MR) is 139 cm³/mol. The molecule has 0 saturated carbocycles. The lowest BCUT2D eigenvalue weighted by Crippen LogP contribution is -2.44. The van der Waals surface area contributed by atoms with Crippen LogP contribution in [0.25, 0.3) is 0 Å². The van der Waals surface area contributed by atoms with Crippen molar-refractivity contribution in [3.05, 3.63) is 71.9 Å². The Morgan fingerprint density at radius 1 is 1.24 bits per heavy atom. The van der Waals surface area contributed by atoms with Crippen molar-refractivity contribution >= 4 is 41.5 Å². The maximum absolute atomic E-state index is 12.2. The molecular weight excluding hydrogens is 535 g/mol. The Morgan fingerprint density at radius 3 is 2.73 bits per heavy atom. The Bertz CT molecular complexity index is 1050. The van der Waals surface area contributed by atoms with E-state index in [1.165, 1.54) is 0 Å². The van der Waals surface area contributed by atoms with E-state index < -0.39 is 5.60 Å². The number of hydrogen-bond acceptors (Lipinski definition) is 5. The Morgan fingerprint density at radius 2 is 2.06 bits per heavy atom. The average Bonchev–Trinajstić information content (AvgIpc) is 3.42. The topological polar surface area (TPSA) is 117 Å². The Hall–Kier alpha value is -2.86. The smallest absolute Gasteiger partial charge is 0.246 e. The van der Waals surface area contributed by atoms with Gasteiger partial charge in [-0.15, -0.1) is 24.0 Å². The summed E-state index contributed by atoms with van der Waals surface area (Å²) in [5.74, 6) is 1.67. The summed E-state index contributed by atoms with van der Waals surface area (Å²) in [5.41, 5.74) is 0.458. The molecule has 178 valence electrons.